The van der Waals surface area contributed by atoms with E-state index in [2.05, 4.69) is 31.3 Å². The van der Waals surface area contributed by atoms with Crippen LogP contribution in [0.1, 0.15) is 24.5 Å². The summed E-state index contributed by atoms with van der Waals surface area (Å²) in [5, 5.41) is 3.43. The van der Waals surface area contributed by atoms with Crippen LogP contribution in [0, 0.1) is 6.92 Å². The van der Waals surface area contributed by atoms with Gasteiger partial charge in [-0.2, -0.15) is 0 Å². The van der Waals surface area contributed by atoms with Crippen molar-refractivity contribution >= 4 is 5.69 Å². The van der Waals surface area contributed by atoms with Gasteiger partial charge in [0.2, 0.25) is 0 Å². The van der Waals surface area contributed by atoms with Crippen molar-refractivity contribution in [1.29, 1.82) is 0 Å². The Morgan fingerprint density at radius 3 is 2.62 bits per heavy atom. The third-order valence-electron chi connectivity index (χ3n) is 3.26. The molecule has 21 heavy (non-hydrogen) atoms. The van der Waals surface area contributed by atoms with Gasteiger partial charge >= 0.3 is 0 Å². The van der Waals surface area contributed by atoms with Gasteiger partial charge in [-0.3, -0.25) is 0 Å². The zero-order valence-electron chi connectivity index (χ0n) is 13.0. The lowest BCUT2D eigenvalue weighted by Gasteiger charge is -2.14. The number of aryl methyl sites for hydroxylation is 1. The molecule has 0 aliphatic rings. The first kappa shape index (κ1) is 15.2. The molecule has 0 heterocycles. The zero-order valence-corrected chi connectivity index (χ0v) is 13.0. The number of hydrogen-bond donors (Lipinski definition) is 1. The molecule has 0 aromatic heterocycles. The van der Waals surface area contributed by atoms with E-state index < -0.39 is 0 Å². The summed E-state index contributed by atoms with van der Waals surface area (Å²) in [5.74, 6) is 1.80. The van der Waals surface area contributed by atoms with Gasteiger partial charge in [-0.15, -0.1) is 0 Å². The molecule has 3 nitrogen and oxygen atoms in total. The van der Waals surface area contributed by atoms with Gasteiger partial charge in [0.05, 0.1) is 19.4 Å². The van der Waals surface area contributed by atoms with E-state index in [1.807, 2.05) is 30.3 Å². The molecule has 2 rings (SSSR count). The molecule has 0 unspecified atom stereocenters. The summed E-state index contributed by atoms with van der Waals surface area (Å²) >= 11 is 0. The number of nitrogens with one attached hydrogen (secondary N) is 1. The van der Waals surface area contributed by atoms with Gasteiger partial charge in [-0.05, 0) is 37.1 Å². The van der Waals surface area contributed by atoms with E-state index in [-0.39, 0.29) is 0 Å². The van der Waals surface area contributed by atoms with E-state index >= 15 is 0 Å². The maximum atomic E-state index is 5.78. The van der Waals surface area contributed by atoms with E-state index in [9.17, 15) is 0 Å². The summed E-state index contributed by atoms with van der Waals surface area (Å²) < 4.78 is 11.2. The minimum Gasteiger partial charge on any atom is -0.495 e. The Labute approximate surface area is 126 Å². The minimum absolute atomic E-state index is 0.708. The Morgan fingerprint density at radius 2 is 1.86 bits per heavy atom. The Kier molecular flexibility index (Phi) is 5.50. The average molecular weight is 285 g/mol. The van der Waals surface area contributed by atoms with Crippen molar-refractivity contribution in [2.75, 3.05) is 19.0 Å². The van der Waals surface area contributed by atoms with Gasteiger partial charge in [0.1, 0.15) is 11.5 Å². The molecule has 3 heteroatoms. The van der Waals surface area contributed by atoms with Crippen molar-refractivity contribution in [3.8, 4) is 11.5 Å². The topological polar surface area (TPSA) is 30.5 Å². The summed E-state index contributed by atoms with van der Waals surface area (Å²) in [5.41, 5.74) is 3.35. The quantitative estimate of drug-likeness (QED) is 0.817. The monoisotopic (exact) mass is 285 g/mol. The molecule has 2 aromatic carbocycles. The van der Waals surface area contributed by atoms with E-state index in [0.717, 1.165) is 35.8 Å². The van der Waals surface area contributed by atoms with Crippen LogP contribution in [-0.2, 0) is 6.54 Å². The highest BCUT2D eigenvalue weighted by atomic mass is 16.5. The SMILES string of the molecule is CCCOc1ccccc1CNc1cc(C)ccc1OC. The van der Waals surface area contributed by atoms with Gasteiger partial charge < -0.3 is 14.8 Å². The van der Waals surface area contributed by atoms with Gasteiger partial charge in [-0.1, -0.05) is 31.2 Å². The fourth-order valence-corrected chi connectivity index (χ4v) is 2.15. The molecular formula is C18H23NO2. The number of hydrogen-bond acceptors (Lipinski definition) is 3. The number of para-hydroxylation sites is 1. The van der Waals surface area contributed by atoms with Crippen molar-refractivity contribution < 1.29 is 9.47 Å². The molecule has 0 radical (unpaired) electrons. The Hall–Kier alpha value is -2.16. The molecule has 0 amide bonds. The molecule has 0 saturated heterocycles. The van der Waals surface area contributed by atoms with Crippen LogP contribution < -0.4 is 14.8 Å². The van der Waals surface area contributed by atoms with Crippen LogP contribution in [0.2, 0.25) is 0 Å². The van der Waals surface area contributed by atoms with Crippen LogP contribution in [0.15, 0.2) is 42.5 Å². The second kappa shape index (κ2) is 7.58. The minimum atomic E-state index is 0.708. The smallest absolute Gasteiger partial charge is 0.141 e. The first-order valence-electron chi connectivity index (χ1n) is 7.33. The maximum Gasteiger partial charge on any atom is 0.141 e. The standard InChI is InChI=1S/C18H23NO2/c1-4-11-21-17-8-6-5-7-15(17)13-19-16-12-14(2)9-10-18(16)20-3/h5-10,12,19H,4,11,13H2,1-3H3. The van der Waals surface area contributed by atoms with Crippen LogP contribution in [0.3, 0.4) is 0 Å². The molecule has 0 atom stereocenters. The third-order valence-corrected chi connectivity index (χ3v) is 3.26. The molecule has 0 fully saturated rings. The molecule has 0 aliphatic carbocycles. The Balaban J connectivity index is 2.11. The van der Waals surface area contributed by atoms with Gasteiger partial charge in [0, 0.05) is 12.1 Å². The number of benzene rings is 2. The number of ether oxygens (including phenoxy) is 2. The first-order valence-corrected chi connectivity index (χ1v) is 7.33. The van der Waals surface area contributed by atoms with Gasteiger partial charge in [-0.25, -0.2) is 0 Å². The average Bonchev–Trinajstić information content (AvgIpc) is 2.52. The Bertz CT molecular complexity index is 581. The van der Waals surface area contributed by atoms with Gasteiger partial charge in [0.25, 0.3) is 0 Å². The Morgan fingerprint density at radius 1 is 1.05 bits per heavy atom. The summed E-state index contributed by atoms with van der Waals surface area (Å²) in [6.45, 7) is 5.63. The zero-order chi connectivity index (χ0) is 15.1. The van der Waals surface area contributed by atoms with Crippen LogP contribution in [0.5, 0.6) is 11.5 Å². The second-order valence-corrected chi connectivity index (χ2v) is 5.01. The van der Waals surface area contributed by atoms with E-state index in [0.29, 0.717) is 6.54 Å². The lowest BCUT2D eigenvalue weighted by molar-refractivity contribution is 0.314. The summed E-state index contributed by atoms with van der Waals surface area (Å²) in [6, 6.07) is 14.2. The highest BCUT2D eigenvalue weighted by Gasteiger charge is 2.06. The number of anilines is 1. The van der Waals surface area contributed by atoms with E-state index in [1.165, 1.54) is 5.56 Å². The van der Waals surface area contributed by atoms with Crippen molar-refractivity contribution in [3.05, 3.63) is 53.6 Å². The predicted molar refractivity (Wildman–Crippen MR) is 87.3 cm³/mol. The third kappa shape index (κ3) is 4.15. The van der Waals surface area contributed by atoms with Crippen LogP contribution in [0.25, 0.3) is 0 Å². The summed E-state index contributed by atoms with van der Waals surface area (Å²) in [7, 11) is 1.69. The second-order valence-electron chi connectivity index (χ2n) is 5.01. The molecule has 1 N–H and O–H groups in total. The van der Waals surface area contributed by atoms with E-state index in [1.54, 1.807) is 7.11 Å². The van der Waals surface area contributed by atoms with Crippen LogP contribution in [0.4, 0.5) is 5.69 Å². The molecule has 0 saturated carbocycles. The van der Waals surface area contributed by atoms with E-state index in [4.69, 9.17) is 9.47 Å². The molecule has 0 bridgehead atoms. The predicted octanol–water partition coefficient (Wildman–Crippen LogP) is 4.40. The largest absolute Gasteiger partial charge is 0.495 e. The lowest BCUT2D eigenvalue weighted by atomic mass is 10.1. The number of rotatable bonds is 7. The maximum absolute atomic E-state index is 5.78. The number of methoxy groups -OCH3 is 1. The van der Waals surface area contributed by atoms with Crippen LogP contribution >= 0.6 is 0 Å². The molecule has 112 valence electrons. The lowest BCUT2D eigenvalue weighted by Crippen LogP contribution is -2.05. The normalized spacial score (nSPS) is 10.2. The van der Waals surface area contributed by atoms with Crippen molar-refractivity contribution in [1.82, 2.24) is 0 Å². The summed E-state index contributed by atoms with van der Waals surface area (Å²) in [6.07, 6.45) is 1.01. The fourth-order valence-electron chi connectivity index (χ4n) is 2.15. The first-order chi connectivity index (χ1) is 10.2. The highest BCUT2D eigenvalue weighted by Crippen LogP contribution is 2.27. The molecule has 0 aliphatic heterocycles. The van der Waals surface area contributed by atoms with Crippen molar-refractivity contribution in [2.24, 2.45) is 0 Å². The van der Waals surface area contributed by atoms with Crippen molar-refractivity contribution in [2.45, 2.75) is 26.8 Å². The van der Waals surface area contributed by atoms with Gasteiger partial charge in [0.15, 0.2) is 0 Å². The highest BCUT2D eigenvalue weighted by molar-refractivity contribution is 5.58. The molecular weight excluding hydrogens is 262 g/mol. The van der Waals surface area contributed by atoms with Crippen molar-refractivity contribution in [3.63, 3.8) is 0 Å². The molecule has 0 spiro atoms. The van der Waals surface area contributed by atoms with Crippen LogP contribution in [-0.4, -0.2) is 13.7 Å². The summed E-state index contributed by atoms with van der Waals surface area (Å²) in [4.78, 5) is 0. The fraction of sp³-hybridized carbons (Fsp3) is 0.333. The molecule has 2 aromatic rings.